The molecule has 0 aliphatic rings. The molecule has 3 heteroatoms. The van der Waals surface area contributed by atoms with Gasteiger partial charge in [0, 0.05) is 11.1 Å². The Morgan fingerprint density at radius 1 is 1.06 bits per heavy atom. The van der Waals surface area contributed by atoms with Gasteiger partial charge in [0.25, 0.3) is 0 Å². The minimum atomic E-state index is 0.803. The fourth-order valence-corrected chi connectivity index (χ4v) is 2.75. The summed E-state index contributed by atoms with van der Waals surface area (Å²) >= 11 is 1.69. The van der Waals surface area contributed by atoms with Gasteiger partial charge in [0.2, 0.25) is 0 Å². The number of hydrogen-bond acceptors (Lipinski definition) is 3. The Hall–Kier alpha value is -1.87. The van der Waals surface area contributed by atoms with E-state index in [2.05, 4.69) is 23.2 Å². The van der Waals surface area contributed by atoms with Crippen molar-refractivity contribution in [2.75, 3.05) is 5.73 Å². The average molecular weight is 226 g/mol. The molecule has 0 atom stereocenters. The highest BCUT2D eigenvalue weighted by atomic mass is 32.1. The first-order valence-electron chi connectivity index (χ1n) is 5.04. The van der Waals surface area contributed by atoms with Crippen LogP contribution < -0.4 is 5.73 Å². The van der Waals surface area contributed by atoms with E-state index in [1.807, 2.05) is 24.3 Å². The molecule has 0 radical (unpaired) electrons. The summed E-state index contributed by atoms with van der Waals surface area (Å²) in [5.41, 5.74) is 8.91. The maximum Gasteiger partial charge on any atom is 0.0837 e. The zero-order valence-corrected chi connectivity index (χ0v) is 9.37. The molecule has 2 aromatic heterocycles. The van der Waals surface area contributed by atoms with Crippen molar-refractivity contribution in [3.63, 3.8) is 0 Å². The van der Waals surface area contributed by atoms with Crippen LogP contribution in [0.2, 0.25) is 0 Å². The summed E-state index contributed by atoms with van der Waals surface area (Å²) in [6.45, 7) is 0. The molecule has 78 valence electrons. The van der Waals surface area contributed by atoms with E-state index in [9.17, 15) is 0 Å². The minimum absolute atomic E-state index is 0.803. The number of fused-ring (bicyclic) bond motifs is 1. The molecule has 0 amide bonds. The molecule has 16 heavy (non-hydrogen) atoms. The second kappa shape index (κ2) is 3.61. The predicted molar refractivity (Wildman–Crippen MR) is 69.5 cm³/mol. The quantitative estimate of drug-likeness (QED) is 0.689. The molecular formula is C13H10N2S. The van der Waals surface area contributed by atoms with Crippen molar-refractivity contribution in [2.24, 2.45) is 0 Å². The summed E-state index contributed by atoms with van der Waals surface area (Å²) in [5.74, 6) is 0. The van der Waals surface area contributed by atoms with Gasteiger partial charge in [-0.15, -0.1) is 11.3 Å². The first-order valence-corrected chi connectivity index (χ1v) is 5.86. The Bertz CT molecular complexity index is 629. The summed E-state index contributed by atoms with van der Waals surface area (Å²) < 4.78 is 1.07. The van der Waals surface area contributed by atoms with Crippen LogP contribution in [0.3, 0.4) is 0 Å². The molecular weight excluding hydrogens is 216 g/mol. The van der Waals surface area contributed by atoms with Crippen LogP contribution in [0.15, 0.2) is 48.7 Å². The average Bonchev–Trinajstić information content (AvgIpc) is 2.76. The third-order valence-electron chi connectivity index (χ3n) is 2.50. The maximum atomic E-state index is 5.92. The Morgan fingerprint density at radius 2 is 1.88 bits per heavy atom. The molecule has 1 aromatic carbocycles. The van der Waals surface area contributed by atoms with Crippen molar-refractivity contribution in [1.82, 2.24) is 4.98 Å². The Balaban J connectivity index is 2.23. The Morgan fingerprint density at radius 3 is 2.62 bits per heavy atom. The van der Waals surface area contributed by atoms with E-state index >= 15 is 0 Å². The number of pyridine rings is 1. The lowest BCUT2D eigenvalue weighted by Crippen LogP contribution is -1.83. The zero-order valence-electron chi connectivity index (χ0n) is 8.55. The van der Waals surface area contributed by atoms with E-state index in [1.165, 1.54) is 10.4 Å². The summed E-state index contributed by atoms with van der Waals surface area (Å²) in [6.07, 6.45) is 1.75. The highest BCUT2D eigenvalue weighted by Crippen LogP contribution is 2.34. The zero-order chi connectivity index (χ0) is 11.0. The van der Waals surface area contributed by atoms with Gasteiger partial charge in [0.05, 0.1) is 15.9 Å². The molecule has 2 heterocycles. The molecule has 0 saturated carbocycles. The van der Waals surface area contributed by atoms with Crippen molar-refractivity contribution in [1.29, 1.82) is 0 Å². The standard InChI is InChI=1S/C13H10N2S/c14-10-6-7-15-11-8-12(16-13(10)11)9-4-2-1-3-5-9/h1-8H,(H2,14,15). The molecule has 3 rings (SSSR count). The number of anilines is 1. The van der Waals surface area contributed by atoms with Crippen LogP contribution in [0, 0.1) is 0 Å². The normalized spacial score (nSPS) is 10.8. The number of nitrogens with zero attached hydrogens (tertiary/aromatic N) is 1. The van der Waals surface area contributed by atoms with Crippen LogP contribution in [-0.4, -0.2) is 4.98 Å². The number of nitrogen functional groups attached to an aromatic ring is 1. The van der Waals surface area contributed by atoms with E-state index in [-0.39, 0.29) is 0 Å². The Kier molecular flexibility index (Phi) is 2.11. The van der Waals surface area contributed by atoms with Crippen LogP contribution in [0.4, 0.5) is 5.69 Å². The fourth-order valence-electron chi connectivity index (χ4n) is 1.70. The predicted octanol–water partition coefficient (Wildman–Crippen LogP) is 3.55. The molecule has 0 fully saturated rings. The van der Waals surface area contributed by atoms with Gasteiger partial charge in [-0.3, -0.25) is 4.98 Å². The van der Waals surface area contributed by atoms with Crippen molar-refractivity contribution in [3.05, 3.63) is 48.7 Å². The lowest BCUT2D eigenvalue weighted by Gasteiger charge is -1.94. The number of thiophene rings is 1. The molecule has 0 bridgehead atoms. The molecule has 2 nitrogen and oxygen atoms in total. The topological polar surface area (TPSA) is 38.9 Å². The van der Waals surface area contributed by atoms with Crippen molar-refractivity contribution < 1.29 is 0 Å². The molecule has 0 aliphatic heterocycles. The number of aromatic nitrogens is 1. The summed E-state index contributed by atoms with van der Waals surface area (Å²) in [6, 6.07) is 14.2. The van der Waals surface area contributed by atoms with E-state index < -0.39 is 0 Å². The SMILES string of the molecule is Nc1ccnc2cc(-c3ccccc3)sc12. The molecule has 0 unspecified atom stereocenters. The van der Waals surface area contributed by atoms with Crippen LogP contribution in [0.25, 0.3) is 20.7 Å². The molecule has 3 aromatic rings. The summed E-state index contributed by atoms with van der Waals surface area (Å²) in [5, 5.41) is 0. The fraction of sp³-hybridized carbons (Fsp3) is 0. The smallest absolute Gasteiger partial charge is 0.0837 e. The van der Waals surface area contributed by atoms with Gasteiger partial charge < -0.3 is 5.73 Å². The first-order chi connectivity index (χ1) is 7.84. The highest BCUT2D eigenvalue weighted by Gasteiger charge is 2.06. The van der Waals surface area contributed by atoms with Gasteiger partial charge in [0.15, 0.2) is 0 Å². The van der Waals surface area contributed by atoms with Gasteiger partial charge in [-0.25, -0.2) is 0 Å². The van der Waals surface area contributed by atoms with E-state index in [0.29, 0.717) is 0 Å². The van der Waals surface area contributed by atoms with Crippen molar-refractivity contribution in [2.45, 2.75) is 0 Å². The summed E-state index contributed by atoms with van der Waals surface area (Å²) in [7, 11) is 0. The van der Waals surface area contributed by atoms with Crippen LogP contribution in [0.1, 0.15) is 0 Å². The van der Waals surface area contributed by atoms with Gasteiger partial charge in [-0.05, 0) is 17.7 Å². The molecule has 0 aliphatic carbocycles. The lowest BCUT2D eigenvalue weighted by molar-refractivity contribution is 1.43. The van der Waals surface area contributed by atoms with E-state index in [4.69, 9.17) is 5.73 Å². The van der Waals surface area contributed by atoms with Gasteiger partial charge in [-0.1, -0.05) is 30.3 Å². The number of hydrogen-bond donors (Lipinski definition) is 1. The van der Waals surface area contributed by atoms with Crippen molar-refractivity contribution >= 4 is 27.2 Å². The molecule has 2 N–H and O–H groups in total. The molecule has 0 spiro atoms. The maximum absolute atomic E-state index is 5.92. The van der Waals surface area contributed by atoms with Crippen LogP contribution in [-0.2, 0) is 0 Å². The number of rotatable bonds is 1. The second-order valence-corrected chi connectivity index (χ2v) is 4.64. The van der Waals surface area contributed by atoms with Crippen molar-refractivity contribution in [3.8, 4) is 10.4 Å². The second-order valence-electron chi connectivity index (χ2n) is 3.59. The third kappa shape index (κ3) is 1.46. The highest BCUT2D eigenvalue weighted by molar-refractivity contribution is 7.22. The van der Waals surface area contributed by atoms with Gasteiger partial charge in [0.1, 0.15) is 0 Å². The summed E-state index contributed by atoms with van der Waals surface area (Å²) in [4.78, 5) is 5.53. The van der Waals surface area contributed by atoms with Gasteiger partial charge in [-0.2, -0.15) is 0 Å². The van der Waals surface area contributed by atoms with Crippen LogP contribution in [0.5, 0.6) is 0 Å². The Labute approximate surface area is 97.4 Å². The first kappa shape index (κ1) is 9.36. The third-order valence-corrected chi connectivity index (χ3v) is 3.72. The minimum Gasteiger partial charge on any atom is -0.397 e. The lowest BCUT2D eigenvalue weighted by atomic mass is 10.2. The van der Waals surface area contributed by atoms with E-state index in [0.717, 1.165) is 15.9 Å². The number of nitrogens with two attached hydrogens (primary N) is 1. The molecule has 0 saturated heterocycles. The van der Waals surface area contributed by atoms with Gasteiger partial charge >= 0.3 is 0 Å². The largest absolute Gasteiger partial charge is 0.397 e. The van der Waals surface area contributed by atoms with E-state index in [1.54, 1.807) is 17.5 Å². The van der Waals surface area contributed by atoms with Crippen LogP contribution >= 0.6 is 11.3 Å². The number of benzene rings is 1. The monoisotopic (exact) mass is 226 g/mol.